The molecule has 1 atom stereocenters. The average Bonchev–Trinajstić information content (AvgIpc) is 2.56. The molecule has 2 aromatic rings. The van der Waals surface area contributed by atoms with E-state index in [9.17, 15) is 13.6 Å². The summed E-state index contributed by atoms with van der Waals surface area (Å²) < 4.78 is 31.1. The number of nitrogens with one attached hydrogen (secondary N) is 1. The quantitative estimate of drug-likeness (QED) is 0.816. The number of amides is 1. The van der Waals surface area contributed by atoms with E-state index in [1.54, 1.807) is 14.0 Å². The van der Waals surface area contributed by atoms with Crippen molar-refractivity contribution in [2.24, 2.45) is 0 Å². The van der Waals surface area contributed by atoms with Gasteiger partial charge in [-0.1, -0.05) is 12.1 Å². The third kappa shape index (κ3) is 4.96. The van der Waals surface area contributed by atoms with Gasteiger partial charge in [-0.05, 0) is 42.8 Å². The first kappa shape index (κ1) is 17.3. The van der Waals surface area contributed by atoms with Crippen molar-refractivity contribution in [3.63, 3.8) is 0 Å². The molecule has 2 rings (SSSR count). The van der Waals surface area contributed by atoms with Crippen LogP contribution in [-0.2, 0) is 11.3 Å². The van der Waals surface area contributed by atoms with Gasteiger partial charge >= 0.3 is 0 Å². The molecule has 1 N–H and O–H groups in total. The lowest BCUT2D eigenvalue weighted by atomic mass is 10.2. The Morgan fingerprint density at radius 3 is 2.48 bits per heavy atom. The third-order valence-electron chi connectivity index (χ3n) is 3.20. The molecule has 6 heteroatoms. The molecule has 0 saturated carbocycles. The number of benzene rings is 2. The summed E-state index contributed by atoms with van der Waals surface area (Å²) in [7, 11) is 1.59. The van der Waals surface area contributed by atoms with E-state index < -0.39 is 16.9 Å². The SMILES string of the molecule is COc1ccc(CNC(=O)[C@@H](C)Sc2ccc(F)c(F)c2)cc1. The molecule has 0 spiro atoms. The van der Waals surface area contributed by atoms with Crippen molar-refractivity contribution in [2.75, 3.05) is 7.11 Å². The number of ether oxygens (including phenoxy) is 1. The molecule has 0 unspecified atom stereocenters. The van der Waals surface area contributed by atoms with E-state index in [1.165, 1.54) is 17.8 Å². The number of rotatable bonds is 6. The first-order valence-corrected chi connectivity index (χ1v) is 7.90. The van der Waals surface area contributed by atoms with Crippen LogP contribution >= 0.6 is 11.8 Å². The van der Waals surface area contributed by atoms with Crippen molar-refractivity contribution in [1.82, 2.24) is 5.32 Å². The summed E-state index contributed by atoms with van der Waals surface area (Å²) in [6.07, 6.45) is 0. The number of hydrogen-bond acceptors (Lipinski definition) is 3. The van der Waals surface area contributed by atoms with Crippen molar-refractivity contribution < 1.29 is 18.3 Å². The summed E-state index contributed by atoms with van der Waals surface area (Å²) in [5, 5.41) is 2.40. The van der Waals surface area contributed by atoms with Crippen LogP contribution in [0.15, 0.2) is 47.4 Å². The van der Waals surface area contributed by atoms with Gasteiger partial charge in [0.2, 0.25) is 5.91 Å². The number of carbonyl (C=O) groups excluding carboxylic acids is 1. The number of thioether (sulfide) groups is 1. The van der Waals surface area contributed by atoms with E-state index in [2.05, 4.69) is 5.32 Å². The molecular formula is C17H17F2NO2S. The van der Waals surface area contributed by atoms with E-state index in [-0.39, 0.29) is 5.91 Å². The Labute approximate surface area is 138 Å². The van der Waals surface area contributed by atoms with Crippen molar-refractivity contribution in [3.8, 4) is 5.75 Å². The Hall–Kier alpha value is -2.08. The highest BCUT2D eigenvalue weighted by Gasteiger charge is 2.15. The van der Waals surface area contributed by atoms with Crippen LogP contribution < -0.4 is 10.1 Å². The molecule has 0 saturated heterocycles. The summed E-state index contributed by atoms with van der Waals surface area (Å²) in [6.45, 7) is 2.11. The number of hydrogen-bond donors (Lipinski definition) is 1. The number of halogens is 2. The molecule has 0 radical (unpaired) electrons. The Bertz CT molecular complexity index is 677. The highest BCUT2D eigenvalue weighted by molar-refractivity contribution is 8.00. The zero-order valence-electron chi connectivity index (χ0n) is 12.8. The third-order valence-corrected chi connectivity index (χ3v) is 4.29. The Kier molecular flexibility index (Phi) is 5.98. The minimum atomic E-state index is -0.916. The molecule has 0 heterocycles. The van der Waals surface area contributed by atoms with Crippen LogP contribution in [0.2, 0.25) is 0 Å². The molecule has 1 amide bonds. The normalized spacial score (nSPS) is 11.8. The van der Waals surface area contributed by atoms with Crippen LogP contribution in [0, 0.1) is 11.6 Å². The van der Waals surface area contributed by atoms with Crippen LogP contribution in [0.1, 0.15) is 12.5 Å². The fourth-order valence-electron chi connectivity index (χ4n) is 1.88. The lowest BCUT2D eigenvalue weighted by Crippen LogP contribution is -2.30. The van der Waals surface area contributed by atoms with Gasteiger partial charge in [0, 0.05) is 11.4 Å². The van der Waals surface area contributed by atoms with Gasteiger partial charge < -0.3 is 10.1 Å². The van der Waals surface area contributed by atoms with Gasteiger partial charge in [0.05, 0.1) is 12.4 Å². The fraction of sp³-hybridized carbons (Fsp3) is 0.235. The van der Waals surface area contributed by atoms with Gasteiger partial charge in [-0.3, -0.25) is 4.79 Å². The summed E-state index contributed by atoms with van der Waals surface area (Å²) in [6, 6.07) is 11.0. The molecule has 0 fully saturated rings. The minimum absolute atomic E-state index is 0.171. The van der Waals surface area contributed by atoms with Crippen LogP contribution in [-0.4, -0.2) is 18.3 Å². The Morgan fingerprint density at radius 2 is 1.87 bits per heavy atom. The largest absolute Gasteiger partial charge is 0.497 e. The van der Waals surface area contributed by atoms with Crippen molar-refractivity contribution >= 4 is 17.7 Å². The minimum Gasteiger partial charge on any atom is -0.497 e. The zero-order valence-corrected chi connectivity index (χ0v) is 13.6. The maximum atomic E-state index is 13.2. The second-order valence-corrected chi connectivity index (χ2v) is 6.32. The average molecular weight is 337 g/mol. The number of methoxy groups -OCH3 is 1. The summed E-state index contributed by atoms with van der Waals surface area (Å²) in [5.41, 5.74) is 0.948. The predicted molar refractivity (Wildman–Crippen MR) is 86.5 cm³/mol. The molecule has 23 heavy (non-hydrogen) atoms. The number of carbonyl (C=O) groups is 1. The van der Waals surface area contributed by atoms with Crippen molar-refractivity contribution in [3.05, 3.63) is 59.7 Å². The van der Waals surface area contributed by atoms with Crippen LogP contribution in [0.25, 0.3) is 0 Å². The molecule has 0 aromatic heterocycles. The lowest BCUT2D eigenvalue weighted by molar-refractivity contribution is -0.120. The van der Waals surface area contributed by atoms with E-state index in [4.69, 9.17) is 4.74 Å². The van der Waals surface area contributed by atoms with Gasteiger partial charge in [0.15, 0.2) is 11.6 Å². The van der Waals surface area contributed by atoms with E-state index in [1.807, 2.05) is 24.3 Å². The lowest BCUT2D eigenvalue weighted by Gasteiger charge is -2.12. The summed E-state index contributed by atoms with van der Waals surface area (Å²) >= 11 is 1.18. The first-order chi connectivity index (χ1) is 11.0. The van der Waals surface area contributed by atoms with Gasteiger partial charge in [-0.15, -0.1) is 11.8 Å². The Morgan fingerprint density at radius 1 is 1.17 bits per heavy atom. The van der Waals surface area contributed by atoms with Gasteiger partial charge in [0.25, 0.3) is 0 Å². The van der Waals surface area contributed by atoms with E-state index >= 15 is 0 Å². The molecule has 0 bridgehead atoms. The highest BCUT2D eigenvalue weighted by Crippen LogP contribution is 2.25. The standard InChI is InChI=1S/C17H17F2NO2S/c1-11(23-14-7-8-15(18)16(19)9-14)17(21)20-10-12-3-5-13(22-2)6-4-12/h3-9,11H,10H2,1-2H3,(H,20,21)/t11-/m1/s1. The highest BCUT2D eigenvalue weighted by atomic mass is 32.2. The maximum Gasteiger partial charge on any atom is 0.233 e. The van der Waals surface area contributed by atoms with Crippen molar-refractivity contribution in [2.45, 2.75) is 23.6 Å². The van der Waals surface area contributed by atoms with E-state index in [0.717, 1.165) is 23.4 Å². The molecule has 0 aliphatic carbocycles. The topological polar surface area (TPSA) is 38.3 Å². The van der Waals surface area contributed by atoms with Crippen molar-refractivity contribution in [1.29, 1.82) is 0 Å². The fourth-order valence-corrected chi connectivity index (χ4v) is 2.80. The van der Waals surface area contributed by atoms with E-state index in [0.29, 0.717) is 11.4 Å². The van der Waals surface area contributed by atoms with Gasteiger partial charge in [-0.2, -0.15) is 0 Å². The molecular weight excluding hydrogens is 320 g/mol. The van der Waals surface area contributed by atoms with Crippen LogP contribution in [0.4, 0.5) is 8.78 Å². The summed E-state index contributed by atoms with van der Waals surface area (Å²) in [4.78, 5) is 12.6. The predicted octanol–water partition coefficient (Wildman–Crippen LogP) is 3.77. The van der Waals surface area contributed by atoms with Gasteiger partial charge in [-0.25, -0.2) is 8.78 Å². The first-order valence-electron chi connectivity index (χ1n) is 7.02. The monoisotopic (exact) mass is 337 g/mol. The zero-order chi connectivity index (χ0) is 16.8. The maximum absolute atomic E-state index is 13.2. The molecule has 3 nitrogen and oxygen atoms in total. The smallest absolute Gasteiger partial charge is 0.233 e. The van der Waals surface area contributed by atoms with Crippen LogP contribution in [0.5, 0.6) is 5.75 Å². The second kappa shape index (κ2) is 7.97. The molecule has 122 valence electrons. The second-order valence-electron chi connectivity index (χ2n) is 4.90. The molecule has 0 aliphatic heterocycles. The molecule has 2 aromatic carbocycles. The molecule has 0 aliphatic rings. The van der Waals surface area contributed by atoms with Crippen LogP contribution in [0.3, 0.4) is 0 Å². The summed E-state index contributed by atoms with van der Waals surface area (Å²) in [5.74, 6) is -1.23. The van der Waals surface area contributed by atoms with Gasteiger partial charge in [0.1, 0.15) is 5.75 Å². The Balaban J connectivity index is 1.87.